The van der Waals surface area contributed by atoms with E-state index in [4.69, 9.17) is 4.74 Å². The van der Waals surface area contributed by atoms with Gasteiger partial charge in [-0.3, -0.25) is 9.59 Å². The lowest BCUT2D eigenvalue weighted by Crippen LogP contribution is -2.13. The molecule has 0 aliphatic carbocycles. The Morgan fingerprint density at radius 2 is 1.60 bits per heavy atom. The van der Waals surface area contributed by atoms with Crippen LogP contribution in [0.15, 0.2) is 48.5 Å². The zero-order valence-corrected chi connectivity index (χ0v) is 15.0. The first-order valence-electron chi connectivity index (χ1n) is 8.65. The van der Waals surface area contributed by atoms with E-state index in [1.807, 2.05) is 31.2 Å². The third-order valence-corrected chi connectivity index (χ3v) is 3.93. The molecule has 2 aromatic rings. The Bertz CT molecular complexity index is 703. The molecule has 2 aromatic carbocycles. The summed E-state index contributed by atoms with van der Waals surface area (Å²) in [5, 5.41) is 2.83. The third kappa shape index (κ3) is 5.75. The molecule has 0 heterocycles. The standard InChI is InChI=1S/C21H25NO3/c1-4-25-19-11-7-17(8-12-19)20(23)13-14-21(24)22-18-9-5-16(6-10-18)15(2)3/h5-12,15H,4,13-14H2,1-3H3,(H,22,24). The van der Waals surface area contributed by atoms with Crippen LogP contribution in [-0.4, -0.2) is 18.3 Å². The van der Waals surface area contributed by atoms with Gasteiger partial charge in [-0.15, -0.1) is 0 Å². The topological polar surface area (TPSA) is 55.4 Å². The predicted octanol–water partition coefficient (Wildman–Crippen LogP) is 4.81. The number of ether oxygens (including phenoxy) is 1. The number of carbonyl (C=O) groups excluding carboxylic acids is 2. The van der Waals surface area contributed by atoms with E-state index in [1.165, 1.54) is 5.56 Å². The molecule has 2 rings (SSSR count). The van der Waals surface area contributed by atoms with Crippen molar-refractivity contribution >= 4 is 17.4 Å². The van der Waals surface area contributed by atoms with Gasteiger partial charge in [0.25, 0.3) is 0 Å². The summed E-state index contributed by atoms with van der Waals surface area (Å²) >= 11 is 0. The van der Waals surface area contributed by atoms with Crippen molar-refractivity contribution in [2.45, 2.75) is 39.5 Å². The van der Waals surface area contributed by atoms with Gasteiger partial charge >= 0.3 is 0 Å². The van der Waals surface area contributed by atoms with Gasteiger partial charge in [-0.2, -0.15) is 0 Å². The highest BCUT2D eigenvalue weighted by atomic mass is 16.5. The summed E-state index contributed by atoms with van der Waals surface area (Å²) in [5.74, 6) is 0.989. The Morgan fingerprint density at radius 1 is 0.960 bits per heavy atom. The van der Waals surface area contributed by atoms with E-state index in [9.17, 15) is 9.59 Å². The molecular formula is C21H25NO3. The Kier molecular flexibility index (Phi) is 6.75. The molecule has 0 bridgehead atoms. The summed E-state index contributed by atoms with van der Waals surface area (Å²) in [7, 11) is 0. The van der Waals surface area contributed by atoms with E-state index in [0.717, 1.165) is 11.4 Å². The Hall–Kier alpha value is -2.62. The predicted molar refractivity (Wildman–Crippen MR) is 100 cm³/mol. The van der Waals surface area contributed by atoms with Crippen LogP contribution in [0.3, 0.4) is 0 Å². The number of hydrogen-bond acceptors (Lipinski definition) is 3. The normalized spacial score (nSPS) is 10.6. The SMILES string of the molecule is CCOc1ccc(C(=O)CCC(=O)Nc2ccc(C(C)C)cc2)cc1. The van der Waals surface area contributed by atoms with Gasteiger partial charge in [-0.1, -0.05) is 26.0 Å². The molecule has 0 atom stereocenters. The van der Waals surface area contributed by atoms with Crippen LogP contribution in [0.5, 0.6) is 5.75 Å². The number of amides is 1. The summed E-state index contributed by atoms with van der Waals surface area (Å²) in [5.41, 5.74) is 2.57. The van der Waals surface area contributed by atoms with E-state index >= 15 is 0 Å². The third-order valence-electron chi connectivity index (χ3n) is 3.93. The van der Waals surface area contributed by atoms with Gasteiger partial charge in [0.15, 0.2) is 5.78 Å². The summed E-state index contributed by atoms with van der Waals surface area (Å²) in [4.78, 5) is 24.2. The molecule has 0 radical (unpaired) electrons. The minimum atomic E-state index is -0.156. The monoisotopic (exact) mass is 339 g/mol. The lowest BCUT2D eigenvalue weighted by Gasteiger charge is -2.08. The summed E-state index contributed by atoms with van der Waals surface area (Å²) in [6.45, 7) is 6.75. The number of nitrogens with one attached hydrogen (secondary N) is 1. The van der Waals surface area contributed by atoms with Crippen molar-refractivity contribution in [3.05, 3.63) is 59.7 Å². The molecule has 1 N–H and O–H groups in total. The van der Waals surface area contributed by atoms with Gasteiger partial charge in [0.2, 0.25) is 5.91 Å². The van der Waals surface area contributed by atoms with Crippen molar-refractivity contribution in [2.24, 2.45) is 0 Å². The number of benzene rings is 2. The number of rotatable bonds is 8. The van der Waals surface area contributed by atoms with Crippen molar-refractivity contribution < 1.29 is 14.3 Å². The fraction of sp³-hybridized carbons (Fsp3) is 0.333. The Labute approximate surface area is 149 Å². The largest absolute Gasteiger partial charge is 0.494 e. The molecular weight excluding hydrogens is 314 g/mol. The van der Waals surface area contributed by atoms with Crippen LogP contribution in [0.25, 0.3) is 0 Å². The van der Waals surface area contributed by atoms with E-state index in [1.54, 1.807) is 24.3 Å². The van der Waals surface area contributed by atoms with Crippen LogP contribution in [0.1, 0.15) is 55.5 Å². The lowest BCUT2D eigenvalue weighted by atomic mass is 10.0. The quantitative estimate of drug-likeness (QED) is 0.702. The molecule has 0 aromatic heterocycles. The Morgan fingerprint density at radius 3 is 2.16 bits per heavy atom. The molecule has 0 spiro atoms. The van der Waals surface area contributed by atoms with Crippen LogP contribution in [-0.2, 0) is 4.79 Å². The number of hydrogen-bond donors (Lipinski definition) is 1. The first-order chi connectivity index (χ1) is 12.0. The molecule has 0 aliphatic heterocycles. The molecule has 0 saturated carbocycles. The maximum atomic E-state index is 12.2. The molecule has 25 heavy (non-hydrogen) atoms. The van der Waals surface area contributed by atoms with Crippen molar-refractivity contribution in [2.75, 3.05) is 11.9 Å². The van der Waals surface area contributed by atoms with E-state index in [2.05, 4.69) is 19.2 Å². The second kappa shape index (κ2) is 9.02. The van der Waals surface area contributed by atoms with Crippen LogP contribution >= 0.6 is 0 Å². The van der Waals surface area contributed by atoms with Crippen molar-refractivity contribution in [3.63, 3.8) is 0 Å². The summed E-state index contributed by atoms with van der Waals surface area (Å²) in [6, 6.07) is 14.8. The van der Waals surface area contributed by atoms with Crippen molar-refractivity contribution in [3.8, 4) is 5.75 Å². The summed E-state index contributed by atoms with van der Waals surface area (Å²) in [6.07, 6.45) is 0.349. The molecule has 0 aliphatic rings. The van der Waals surface area contributed by atoms with Gasteiger partial charge in [0.05, 0.1) is 6.61 Å². The van der Waals surface area contributed by atoms with Gasteiger partial charge in [0, 0.05) is 24.1 Å². The van der Waals surface area contributed by atoms with Crippen LogP contribution < -0.4 is 10.1 Å². The molecule has 132 valence electrons. The first kappa shape index (κ1) is 18.7. The van der Waals surface area contributed by atoms with Gasteiger partial charge in [0.1, 0.15) is 5.75 Å². The molecule has 4 heteroatoms. The first-order valence-corrected chi connectivity index (χ1v) is 8.65. The molecule has 4 nitrogen and oxygen atoms in total. The number of anilines is 1. The number of carbonyl (C=O) groups is 2. The van der Waals surface area contributed by atoms with Crippen LogP contribution in [0.2, 0.25) is 0 Å². The van der Waals surface area contributed by atoms with Crippen LogP contribution in [0.4, 0.5) is 5.69 Å². The highest BCUT2D eigenvalue weighted by Crippen LogP contribution is 2.18. The zero-order valence-electron chi connectivity index (χ0n) is 15.0. The fourth-order valence-corrected chi connectivity index (χ4v) is 2.45. The fourth-order valence-electron chi connectivity index (χ4n) is 2.45. The second-order valence-electron chi connectivity index (χ2n) is 6.21. The van der Waals surface area contributed by atoms with E-state index in [0.29, 0.717) is 18.1 Å². The lowest BCUT2D eigenvalue weighted by molar-refractivity contribution is -0.116. The smallest absolute Gasteiger partial charge is 0.224 e. The van der Waals surface area contributed by atoms with Gasteiger partial charge in [-0.05, 0) is 54.8 Å². The van der Waals surface area contributed by atoms with Crippen molar-refractivity contribution in [1.29, 1.82) is 0 Å². The van der Waals surface area contributed by atoms with Crippen LogP contribution in [0, 0.1) is 0 Å². The average Bonchev–Trinajstić information content (AvgIpc) is 2.61. The van der Waals surface area contributed by atoms with Gasteiger partial charge in [-0.25, -0.2) is 0 Å². The van der Waals surface area contributed by atoms with Crippen molar-refractivity contribution in [1.82, 2.24) is 0 Å². The summed E-state index contributed by atoms with van der Waals surface area (Å²) < 4.78 is 5.35. The zero-order chi connectivity index (χ0) is 18.2. The Balaban J connectivity index is 1.83. The van der Waals surface area contributed by atoms with E-state index in [-0.39, 0.29) is 24.5 Å². The highest BCUT2D eigenvalue weighted by Gasteiger charge is 2.10. The molecule has 0 unspecified atom stereocenters. The van der Waals surface area contributed by atoms with E-state index < -0.39 is 0 Å². The minimum Gasteiger partial charge on any atom is -0.494 e. The highest BCUT2D eigenvalue weighted by molar-refractivity contribution is 6.00. The maximum absolute atomic E-state index is 12.2. The molecule has 0 saturated heterocycles. The van der Waals surface area contributed by atoms with Gasteiger partial charge < -0.3 is 10.1 Å². The minimum absolute atomic E-state index is 0.0478. The number of ketones is 1. The number of Topliss-reactive ketones (excluding diaryl/α,β-unsaturated/α-hetero) is 1. The maximum Gasteiger partial charge on any atom is 0.224 e. The average molecular weight is 339 g/mol. The molecule has 1 amide bonds. The molecule has 0 fully saturated rings. The second-order valence-corrected chi connectivity index (χ2v) is 6.21.